The van der Waals surface area contributed by atoms with Crippen LogP contribution in [0.4, 0.5) is 0 Å². The number of nitrogens with one attached hydrogen (secondary N) is 2. The maximum absolute atomic E-state index is 11.6. The molecule has 1 aromatic carbocycles. The lowest BCUT2D eigenvalue weighted by Crippen LogP contribution is -2.35. The van der Waals surface area contributed by atoms with E-state index in [9.17, 15) is 4.79 Å². The zero-order valence-corrected chi connectivity index (χ0v) is 12.3. The van der Waals surface area contributed by atoms with Gasteiger partial charge in [0.05, 0.1) is 12.2 Å². The van der Waals surface area contributed by atoms with E-state index in [1.807, 2.05) is 38.1 Å². The van der Waals surface area contributed by atoms with E-state index in [0.29, 0.717) is 13.1 Å². The molecule has 2 rings (SSSR count). The van der Waals surface area contributed by atoms with Crippen molar-refractivity contribution >= 4 is 5.91 Å². The first-order chi connectivity index (χ1) is 10.2. The van der Waals surface area contributed by atoms with E-state index in [1.54, 1.807) is 11.0 Å². The van der Waals surface area contributed by atoms with Gasteiger partial charge >= 0.3 is 0 Å². The molecule has 1 unspecified atom stereocenters. The molecule has 0 spiro atoms. The molecular formula is C14H20N6O. The third kappa shape index (κ3) is 4.35. The summed E-state index contributed by atoms with van der Waals surface area (Å²) in [7, 11) is 0. The Hall–Kier alpha value is -2.28. The summed E-state index contributed by atoms with van der Waals surface area (Å²) < 4.78 is 1.60. The van der Waals surface area contributed by atoms with E-state index in [1.165, 1.54) is 0 Å². The minimum absolute atomic E-state index is 0.0142. The van der Waals surface area contributed by atoms with Crippen LogP contribution in [-0.4, -0.2) is 39.2 Å². The Kier molecular flexibility index (Phi) is 5.39. The number of aromatic nitrogens is 4. The number of amides is 1. The lowest BCUT2D eigenvalue weighted by molar-refractivity contribution is -0.120. The van der Waals surface area contributed by atoms with Crippen molar-refractivity contribution in [1.82, 2.24) is 30.8 Å². The van der Waals surface area contributed by atoms with Crippen molar-refractivity contribution in [3.63, 3.8) is 0 Å². The number of tetrazole rings is 1. The highest BCUT2D eigenvalue weighted by atomic mass is 16.1. The van der Waals surface area contributed by atoms with Crippen LogP contribution in [0.15, 0.2) is 30.6 Å². The van der Waals surface area contributed by atoms with E-state index in [0.717, 1.165) is 17.7 Å². The van der Waals surface area contributed by atoms with Crippen molar-refractivity contribution in [2.24, 2.45) is 0 Å². The van der Waals surface area contributed by atoms with Gasteiger partial charge in [-0.1, -0.05) is 19.1 Å². The zero-order valence-electron chi connectivity index (χ0n) is 12.3. The number of benzene rings is 1. The quantitative estimate of drug-likeness (QED) is 0.788. The first-order valence-corrected chi connectivity index (χ1v) is 7.04. The number of hydrogen-bond donors (Lipinski definition) is 2. The molecule has 0 fully saturated rings. The number of nitrogens with zero attached hydrogens (tertiary/aromatic N) is 4. The molecule has 7 nitrogen and oxygen atoms in total. The van der Waals surface area contributed by atoms with Crippen LogP contribution in [0.25, 0.3) is 5.69 Å². The van der Waals surface area contributed by atoms with Crippen LogP contribution in [0.3, 0.4) is 0 Å². The average Bonchev–Trinajstić information content (AvgIpc) is 3.05. The van der Waals surface area contributed by atoms with Gasteiger partial charge in [-0.15, -0.1) is 5.10 Å². The third-order valence-electron chi connectivity index (χ3n) is 3.12. The molecule has 0 bridgehead atoms. The SMILES string of the molecule is CCCNC(=O)CNC(C)c1cccc(-n2cnnn2)c1. The lowest BCUT2D eigenvalue weighted by atomic mass is 10.1. The summed E-state index contributed by atoms with van der Waals surface area (Å²) in [4.78, 5) is 11.6. The van der Waals surface area contributed by atoms with Gasteiger partial charge in [-0.3, -0.25) is 4.79 Å². The van der Waals surface area contributed by atoms with Crippen LogP contribution in [0, 0.1) is 0 Å². The molecule has 1 amide bonds. The molecule has 1 heterocycles. The van der Waals surface area contributed by atoms with Crippen molar-refractivity contribution in [2.45, 2.75) is 26.3 Å². The van der Waals surface area contributed by atoms with Gasteiger partial charge in [-0.05, 0) is 41.5 Å². The van der Waals surface area contributed by atoms with Crippen LogP contribution < -0.4 is 10.6 Å². The molecule has 0 aliphatic rings. The Morgan fingerprint density at radius 3 is 3.00 bits per heavy atom. The maximum atomic E-state index is 11.6. The molecule has 7 heteroatoms. The number of carbonyl (C=O) groups is 1. The molecule has 21 heavy (non-hydrogen) atoms. The highest BCUT2D eigenvalue weighted by Gasteiger charge is 2.08. The monoisotopic (exact) mass is 288 g/mol. The van der Waals surface area contributed by atoms with E-state index >= 15 is 0 Å². The fourth-order valence-corrected chi connectivity index (χ4v) is 1.91. The Morgan fingerprint density at radius 1 is 1.43 bits per heavy atom. The van der Waals surface area contributed by atoms with Crippen molar-refractivity contribution in [2.75, 3.05) is 13.1 Å². The van der Waals surface area contributed by atoms with Gasteiger partial charge in [-0.25, -0.2) is 4.68 Å². The van der Waals surface area contributed by atoms with Crippen molar-refractivity contribution in [1.29, 1.82) is 0 Å². The van der Waals surface area contributed by atoms with Crippen LogP contribution in [0.1, 0.15) is 31.9 Å². The maximum Gasteiger partial charge on any atom is 0.233 e. The Morgan fingerprint density at radius 2 is 2.29 bits per heavy atom. The normalized spacial score (nSPS) is 12.1. The molecule has 1 aromatic heterocycles. The van der Waals surface area contributed by atoms with Crippen LogP contribution in [0.2, 0.25) is 0 Å². The van der Waals surface area contributed by atoms with Gasteiger partial charge in [-0.2, -0.15) is 0 Å². The first-order valence-electron chi connectivity index (χ1n) is 7.04. The highest BCUT2D eigenvalue weighted by Crippen LogP contribution is 2.15. The second-order valence-corrected chi connectivity index (χ2v) is 4.80. The van der Waals surface area contributed by atoms with E-state index in [2.05, 4.69) is 26.2 Å². The Balaban J connectivity index is 1.95. The summed E-state index contributed by atoms with van der Waals surface area (Å²) in [5, 5.41) is 17.2. The molecule has 0 saturated carbocycles. The van der Waals surface area contributed by atoms with Gasteiger partial charge in [0.25, 0.3) is 0 Å². The van der Waals surface area contributed by atoms with Gasteiger partial charge < -0.3 is 10.6 Å². The van der Waals surface area contributed by atoms with Crippen molar-refractivity contribution in [3.8, 4) is 5.69 Å². The molecule has 0 aliphatic carbocycles. The molecular weight excluding hydrogens is 268 g/mol. The minimum Gasteiger partial charge on any atom is -0.355 e. The largest absolute Gasteiger partial charge is 0.355 e. The molecule has 0 saturated heterocycles. The van der Waals surface area contributed by atoms with Crippen molar-refractivity contribution < 1.29 is 4.79 Å². The van der Waals surface area contributed by atoms with Crippen LogP contribution in [0.5, 0.6) is 0 Å². The summed E-state index contributed by atoms with van der Waals surface area (Å²) in [6.45, 7) is 5.06. The minimum atomic E-state index is 0.0142. The second-order valence-electron chi connectivity index (χ2n) is 4.80. The van der Waals surface area contributed by atoms with Gasteiger partial charge in [0.15, 0.2) is 0 Å². The smallest absolute Gasteiger partial charge is 0.233 e. The summed E-state index contributed by atoms with van der Waals surface area (Å²) in [5.74, 6) is 0.0142. The van der Waals surface area contributed by atoms with E-state index in [4.69, 9.17) is 0 Å². The number of rotatable bonds is 7. The van der Waals surface area contributed by atoms with Crippen LogP contribution >= 0.6 is 0 Å². The summed E-state index contributed by atoms with van der Waals surface area (Å²) in [5.41, 5.74) is 1.97. The lowest BCUT2D eigenvalue weighted by Gasteiger charge is -2.15. The first kappa shape index (κ1) is 15.1. The Labute approximate surface area is 123 Å². The fraction of sp³-hybridized carbons (Fsp3) is 0.429. The second kappa shape index (κ2) is 7.49. The van der Waals surface area contributed by atoms with Gasteiger partial charge in [0.2, 0.25) is 5.91 Å². The fourth-order valence-electron chi connectivity index (χ4n) is 1.91. The molecule has 2 aromatic rings. The molecule has 2 N–H and O–H groups in total. The van der Waals surface area contributed by atoms with E-state index < -0.39 is 0 Å². The summed E-state index contributed by atoms with van der Waals surface area (Å²) in [6.07, 6.45) is 2.49. The zero-order chi connectivity index (χ0) is 15.1. The summed E-state index contributed by atoms with van der Waals surface area (Å²) in [6, 6.07) is 7.95. The Bertz CT molecular complexity index is 569. The highest BCUT2D eigenvalue weighted by molar-refractivity contribution is 5.77. The summed E-state index contributed by atoms with van der Waals surface area (Å²) >= 11 is 0. The number of hydrogen-bond acceptors (Lipinski definition) is 5. The molecule has 1 atom stereocenters. The van der Waals surface area contributed by atoms with Crippen molar-refractivity contribution in [3.05, 3.63) is 36.2 Å². The predicted octanol–water partition coefficient (Wildman–Crippen LogP) is 0.839. The number of carbonyl (C=O) groups excluding carboxylic acids is 1. The van der Waals surface area contributed by atoms with E-state index in [-0.39, 0.29) is 11.9 Å². The standard InChI is InChI=1S/C14H20N6O/c1-3-7-15-14(21)9-16-11(2)12-5-4-6-13(8-12)20-10-17-18-19-20/h4-6,8,10-11,16H,3,7,9H2,1-2H3,(H,15,21). The topological polar surface area (TPSA) is 84.7 Å². The molecule has 0 radical (unpaired) electrons. The predicted molar refractivity (Wildman–Crippen MR) is 78.9 cm³/mol. The average molecular weight is 288 g/mol. The molecule has 112 valence electrons. The van der Waals surface area contributed by atoms with Gasteiger partial charge in [0.1, 0.15) is 6.33 Å². The van der Waals surface area contributed by atoms with Crippen LogP contribution in [-0.2, 0) is 4.79 Å². The van der Waals surface area contributed by atoms with Gasteiger partial charge in [0, 0.05) is 12.6 Å². The molecule has 0 aliphatic heterocycles. The third-order valence-corrected chi connectivity index (χ3v) is 3.12.